The molecule has 2 unspecified atom stereocenters. The summed E-state index contributed by atoms with van der Waals surface area (Å²) < 4.78 is 15.3. The lowest BCUT2D eigenvalue weighted by atomic mass is 9.99. The first-order valence-corrected chi connectivity index (χ1v) is 6.34. The van der Waals surface area contributed by atoms with Gasteiger partial charge in [0.15, 0.2) is 12.6 Å². The molecule has 6 N–H and O–H groups in total. The molecule has 0 aromatic rings. The zero-order chi connectivity index (χ0) is 15.0. The Balaban J connectivity index is 2.01. The third-order valence-corrected chi connectivity index (χ3v) is 3.54. The van der Waals surface area contributed by atoms with Gasteiger partial charge in [0.25, 0.3) is 0 Å². The Kier molecular flexibility index (Phi) is 4.95. The minimum atomic E-state index is -1.56. The SMILES string of the molecule is C[C@@H]1OC(O)[C@H](O)[C@H](O)[C@H]1OC1OC[C@@H](O)[C@H](O)[C@H]1O. The van der Waals surface area contributed by atoms with E-state index < -0.39 is 55.3 Å². The van der Waals surface area contributed by atoms with Crippen molar-refractivity contribution in [3.63, 3.8) is 0 Å². The molecule has 9 atom stereocenters. The summed E-state index contributed by atoms with van der Waals surface area (Å²) in [5.74, 6) is 0. The van der Waals surface area contributed by atoms with Crippen molar-refractivity contribution in [2.45, 2.75) is 62.2 Å². The summed E-state index contributed by atoms with van der Waals surface area (Å²) >= 11 is 0. The standard InChI is InChI=1S/C11H20O9/c1-3-9(6(14)7(15)10(17)19-3)20-11-8(16)5(13)4(12)2-18-11/h3-17H,2H2,1H3/t3-,4+,5-,6-,7+,8+,9-,10?,11?/m0/s1. The van der Waals surface area contributed by atoms with E-state index in [9.17, 15) is 30.6 Å². The van der Waals surface area contributed by atoms with Crippen LogP contribution in [-0.4, -0.2) is 92.6 Å². The van der Waals surface area contributed by atoms with E-state index in [2.05, 4.69) is 0 Å². The summed E-state index contributed by atoms with van der Waals surface area (Å²) in [7, 11) is 0. The van der Waals surface area contributed by atoms with E-state index in [1.54, 1.807) is 0 Å². The Morgan fingerprint density at radius 3 is 2.20 bits per heavy atom. The van der Waals surface area contributed by atoms with E-state index >= 15 is 0 Å². The van der Waals surface area contributed by atoms with Crippen molar-refractivity contribution in [3.8, 4) is 0 Å². The van der Waals surface area contributed by atoms with E-state index in [0.29, 0.717) is 0 Å². The van der Waals surface area contributed by atoms with Crippen LogP contribution in [0.4, 0.5) is 0 Å². The second-order valence-electron chi connectivity index (χ2n) is 5.06. The Labute approximate surface area is 114 Å². The zero-order valence-electron chi connectivity index (χ0n) is 10.8. The minimum absolute atomic E-state index is 0.244. The summed E-state index contributed by atoms with van der Waals surface area (Å²) in [6, 6.07) is 0. The van der Waals surface area contributed by atoms with E-state index in [1.807, 2.05) is 0 Å². The van der Waals surface area contributed by atoms with Gasteiger partial charge in [-0.25, -0.2) is 0 Å². The predicted octanol–water partition coefficient (Wildman–Crippen LogP) is -3.73. The van der Waals surface area contributed by atoms with Crippen LogP contribution in [0.25, 0.3) is 0 Å². The molecule has 0 bridgehead atoms. The fourth-order valence-corrected chi connectivity index (χ4v) is 2.26. The first kappa shape index (κ1) is 16.0. The molecule has 118 valence electrons. The highest BCUT2D eigenvalue weighted by atomic mass is 16.7. The summed E-state index contributed by atoms with van der Waals surface area (Å²) in [4.78, 5) is 0. The highest BCUT2D eigenvalue weighted by molar-refractivity contribution is 4.90. The highest BCUT2D eigenvalue weighted by Gasteiger charge is 2.46. The molecule has 0 amide bonds. The third-order valence-electron chi connectivity index (χ3n) is 3.54. The highest BCUT2D eigenvalue weighted by Crippen LogP contribution is 2.26. The van der Waals surface area contributed by atoms with Crippen molar-refractivity contribution in [3.05, 3.63) is 0 Å². The van der Waals surface area contributed by atoms with Crippen molar-refractivity contribution in [1.82, 2.24) is 0 Å². The molecule has 0 aromatic carbocycles. The molecule has 20 heavy (non-hydrogen) atoms. The molecule has 9 heteroatoms. The van der Waals surface area contributed by atoms with Crippen molar-refractivity contribution in [1.29, 1.82) is 0 Å². The Bertz CT molecular complexity index is 327. The summed E-state index contributed by atoms with van der Waals surface area (Å²) in [6.45, 7) is 1.26. The molecular formula is C11H20O9. The summed E-state index contributed by atoms with van der Waals surface area (Å²) in [5, 5.41) is 57.3. The number of rotatable bonds is 2. The fourth-order valence-electron chi connectivity index (χ4n) is 2.26. The van der Waals surface area contributed by atoms with Gasteiger partial charge in [-0.1, -0.05) is 0 Å². The van der Waals surface area contributed by atoms with Gasteiger partial charge >= 0.3 is 0 Å². The van der Waals surface area contributed by atoms with Crippen molar-refractivity contribution in [2.75, 3.05) is 6.61 Å². The predicted molar refractivity (Wildman–Crippen MR) is 61.2 cm³/mol. The van der Waals surface area contributed by atoms with E-state index in [4.69, 9.17) is 14.2 Å². The van der Waals surface area contributed by atoms with E-state index in [-0.39, 0.29) is 6.61 Å². The maximum absolute atomic E-state index is 9.85. The Hall–Kier alpha value is -0.360. The Morgan fingerprint density at radius 1 is 0.900 bits per heavy atom. The average molecular weight is 296 g/mol. The number of hydrogen-bond donors (Lipinski definition) is 6. The molecule has 2 rings (SSSR count). The molecule has 0 aromatic heterocycles. The molecule has 0 saturated carbocycles. The van der Waals surface area contributed by atoms with Crippen LogP contribution in [0, 0.1) is 0 Å². The van der Waals surface area contributed by atoms with Gasteiger partial charge in [0.05, 0.1) is 12.7 Å². The molecule has 9 nitrogen and oxygen atoms in total. The van der Waals surface area contributed by atoms with Crippen LogP contribution in [0.2, 0.25) is 0 Å². The minimum Gasteiger partial charge on any atom is -0.388 e. The van der Waals surface area contributed by atoms with Crippen LogP contribution in [0.5, 0.6) is 0 Å². The van der Waals surface area contributed by atoms with Crippen LogP contribution in [0.15, 0.2) is 0 Å². The molecule has 0 aliphatic carbocycles. The quantitative estimate of drug-likeness (QED) is 0.302. The second kappa shape index (κ2) is 6.18. The van der Waals surface area contributed by atoms with Gasteiger partial charge < -0.3 is 44.8 Å². The summed E-state index contributed by atoms with van der Waals surface area (Å²) in [5.41, 5.74) is 0. The van der Waals surface area contributed by atoms with E-state index in [1.165, 1.54) is 6.92 Å². The molecule has 2 fully saturated rings. The van der Waals surface area contributed by atoms with E-state index in [0.717, 1.165) is 0 Å². The maximum Gasteiger partial charge on any atom is 0.186 e. The number of hydrogen-bond acceptors (Lipinski definition) is 9. The molecular weight excluding hydrogens is 276 g/mol. The van der Waals surface area contributed by atoms with Crippen LogP contribution in [-0.2, 0) is 14.2 Å². The maximum atomic E-state index is 9.85. The topological polar surface area (TPSA) is 149 Å². The van der Waals surface area contributed by atoms with Crippen LogP contribution in [0.3, 0.4) is 0 Å². The Morgan fingerprint density at radius 2 is 1.55 bits per heavy atom. The van der Waals surface area contributed by atoms with Gasteiger partial charge in [-0.2, -0.15) is 0 Å². The van der Waals surface area contributed by atoms with Gasteiger partial charge in [-0.15, -0.1) is 0 Å². The van der Waals surface area contributed by atoms with Crippen molar-refractivity contribution < 1.29 is 44.8 Å². The monoisotopic (exact) mass is 296 g/mol. The van der Waals surface area contributed by atoms with Crippen LogP contribution < -0.4 is 0 Å². The molecule has 2 aliphatic rings. The number of aliphatic hydroxyl groups is 6. The van der Waals surface area contributed by atoms with Gasteiger partial charge in [-0.3, -0.25) is 0 Å². The van der Waals surface area contributed by atoms with Crippen LogP contribution >= 0.6 is 0 Å². The molecule has 2 saturated heterocycles. The van der Waals surface area contributed by atoms with Gasteiger partial charge in [0.2, 0.25) is 0 Å². The molecule has 0 radical (unpaired) electrons. The fraction of sp³-hybridized carbons (Fsp3) is 1.00. The second-order valence-corrected chi connectivity index (χ2v) is 5.06. The zero-order valence-corrected chi connectivity index (χ0v) is 10.8. The average Bonchev–Trinajstić information content (AvgIpc) is 2.41. The van der Waals surface area contributed by atoms with Crippen LogP contribution in [0.1, 0.15) is 6.92 Å². The lowest BCUT2D eigenvalue weighted by molar-refractivity contribution is -0.337. The lowest BCUT2D eigenvalue weighted by Crippen LogP contribution is -2.61. The van der Waals surface area contributed by atoms with Gasteiger partial charge in [0.1, 0.15) is 36.6 Å². The third kappa shape index (κ3) is 2.96. The first-order valence-electron chi connectivity index (χ1n) is 6.34. The normalized spacial score (nSPS) is 53.9. The summed E-state index contributed by atoms with van der Waals surface area (Å²) in [6.07, 6.45) is -11.9. The van der Waals surface area contributed by atoms with Crippen molar-refractivity contribution >= 4 is 0 Å². The molecule has 0 spiro atoms. The lowest BCUT2D eigenvalue weighted by Gasteiger charge is -2.43. The number of aliphatic hydroxyl groups excluding tert-OH is 6. The van der Waals surface area contributed by atoms with Gasteiger partial charge in [-0.05, 0) is 6.92 Å². The largest absolute Gasteiger partial charge is 0.388 e. The first-order chi connectivity index (χ1) is 9.32. The molecule has 2 heterocycles. The van der Waals surface area contributed by atoms with Crippen molar-refractivity contribution in [2.24, 2.45) is 0 Å². The van der Waals surface area contributed by atoms with Gasteiger partial charge in [0, 0.05) is 0 Å². The molecule has 2 aliphatic heterocycles. The smallest absolute Gasteiger partial charge is 0.186 e. The number of ether oxygens (including phenoxy) is 3.